The topological polar surface area (TPSA) is 80.3 Å². The molecule has 1 heterocycles. The van der Waals surface area contributed by atoms with Crippen LogP contribution in [0.25, 0.3) is 0 Å². The maximum Gasteiger partial charge on any atom is 0.262 e. The van der Waals surface area contributed by atoms with Crippen LogP contribution in [0.3, 0.4) is 0 Å². The number of rotatable bonds is 6. The molecule has 3 aromatic rings. The number of amides is 2. The molecule has 0 radical (unpaired) electrons. The maximum absolute atomic E-state index is 12.6. The Morgan fingerprint density at radius 3 is 2.46 bits per heavy atom. The monoisotopic (exact) mass is 439 g/mol. The van der Waals surface area contributed by atoms with Gasteiger partial charge < -0.3 is 15.4 Å². The van der Waals surface area contributed by atoms with Gasteiger partial charge in [0.05, 0.1) is 5.56 Å². The SMILES string of the molecule is Cc1ccc(NC(=O)c2ccccc2OCC(=O)Nc2ccc(Br)cc2)nc1. The van der Waals surface area contributed by atoms with Crippen molar-refractivity contribution in [2.75, 3.05) is 17.2 Å². The number of hydrogen-bond donors (Lipinski definition) is 2. The molecular weight excluding hydrogens is 422 g/mol. The second-order valence-corrected chi connectivity index (χ2v) is 6.93. The van der Waals surface area contributed by atoms with Crippen molar-refractivity contribution in [1.82, 2.24) is 4.98 Å². The van der Waals surface area contributed by atoms with Crippen LogP contribution in [-0.4, -0.2) is 23.4 Å². The first-order chi connectivity index (χ1) is 13.5. The normalized spacial score (nSPS) is 10.2. The van der Waals surface area contributed by atoms with Gasteiger partial charge in [0, 0.05) is 16.4 Å². The fourth-order valence-corrected chi connectivity index (χ4v) is 2.64. The van der Waals surface area contributed by atoms with Crippen LogP contribution in [0.4, 0.5) is 11.5 Å². The van der Waals surface area contributed by atoms with Crippen LogP contribution in [0, 0.1) is 6.92 Å². The van der Waals surface area contributed by atoms with Gasteiger partial charge in [-0.05, 0) is 55.0 Å². The average Bonchev–Trinajstić information content (AvgIpc) is 2.70. The lowest BCUT2D eigenvalue weighted by Crippen LogP contribution is -2.21. The van der Waals surface area contributed by atoms with Crippen molar-refractivity contribution in [1.29, 1.82) is 0 Å². The third-order valence-electron chi connectivity index (χ3n) is 3.77. The predicted molar refractivity (Wildman–Crippen MR) is 112 cm³/mol. The first-order valence-electron chi connectivity index (χ1n) is 8.52. The third-order valence-corrected chi connectivity index (χ3v) is 4.30. The highest BCUT2D eigenvalue weighted by Gasteiger charge is 2.14. The summed E-state index contributed by atoms with van der Waals surface area (Å²) in [5.74, 6) is 0.0782. The number of carbonyl (C=O) groups is 2. The highest BCUT2D eigenvalue weighted by atomic mass is 79.9. The van der Waals surface area contributed by atoms with E-state index in [4.69, 9.17) is 4.74 Å². The first kappa shape index (κ1) is 19.6. The van der Waals surface area contributed by atoms with E-state index < -0.39 is 0 Å². The van der Waals surface area contributed by atoms with Crippen molar-refractivity contribution < 1.29 is 14.3 Å². The van der Waals surface area contributed by atoms with Crippen LogP contribution in [0.5, 0.6) is 5.75 Å². The fourth-order valence-electron chi connectivity index (χ4n) is 2.38. The van der Waals surface area contributed by atoms with Crippen molar-refractivity contribution in [3.63, 3.8) is 0 Å². The van der Waals surface area contributed by atoms with E-state index in [0.717, 1.165) is 10.0 Å². The molecule has 0 aliphatic carbocycles. The number of hydrogen-bond acceptors (Lipinski definition) is 4. The minimum Gasteiger partial charge on any atom is -0.483 e. The summed E-state index contributed by atoms with van der Waals surface area (Å²) in [7, 11) is 0. The molecule has 7 heteroatoms. The lowest BCUT2D eigenvalue weighted by Gasteiger charge is -2.12. The quantitative estimate of drug-likeness (QED) is 0.595. The Kier molecular flexibility index (Phi) is 6.39. The summed E-state index contributed by atoms with van der Waals surface area (Å²) in [6, 6.07) is 17.5. The highest BCUT2D eigenvalue weighted by Crippen LogP contribution is 2.20. The summed E-state index contributed by atoms with van der Waals surface area (Å²) < 4.78 is 6.49. The zero-order valence-corrected chi connectivity index (χ0v) is 16.7. The number of nitrogens with one attached hydrogen (secondary N) is 2. The van der Waals surface area contributed by atoms with Gasteiger partial charge in [0.2, 0.25) is 0 Å². The van der Waals surface area contributed by atoms with Gasteiger partial charge in [0.15, 0.2) is 6.61 Å². The van der Waals surface area contributed by atoms with Crippen LogP contribution in [0.15, 0.2) is 71.3 Å². The van der Waals surface area contributed by atoms with Crippen molar-refractivity contribution in [2.45, 2.75) is 6.92 Å². The Morgan fingerprint density at radius 1 is 1.00 bits per heavy atom. The first-order valence-corrected chi connectivity index (χ1v) is 9.32. The van der Waals surface area contributed by atoms with Gasteiger partial charge in [0.25, 0.3) is 11.8 Å². The molecule has 0 aliphatic rings. The van der Waals surface area contributed by atoms with Gasteiger partial charge >= 0.3 is 0 Å². The number of aromatic nitrogens is 1. The molecule has 1 aromatic heterocycles. The summed E-state index contributed by atoms with van der Waals surface area (Å²) in [4.78, 5) is 28.8. The third kappa shape index (κ3) is 5.40. The minimum atomic E-state index is -0.361. The fraction of sp³-hybridized carbons (Fsp3) is 0.0952. The molecule has 0 aliphatic heterocycles. The molecule has 0 unspecified atom stereocenters. The van der Waals surface area contributed by atoms with E-state index in [0.29, 0.717) is 22.8 Å². The van der Waals surface area contributed by atoms with Gasteiger partial charge in [-0.1, -0.05) is 34.1 Å². The van der Waals surface area contributed by atoms with E-state index in [-0.39, 0.29) is 18.4 Å². The number of ether oxygens (including phenoxy) is 1. The number of halogens is 1. The number of nitrogens with zero attached hydrogens (tertiary/aromatic N) is 1. The van der Waals surface area contributed by atoms with Crippen LogP contribution in [-0.2, 0) is 4.79 Å². The summed E-state index contributed by atoms with van der Waals surface area (Å²) in [6.45, 7) is 1.70. The van der Waals surface area contributed by atoms with Crippen molar-refractivity contribution in [2.24, 2.45) is 0 Å². The van der Waals surface area contributed by atoms with Crippen molar-refractivity contribution in [3.05, 3.63) is 82.5 Å². The van der Waals surface area contributed by atoms with E-state index in [1.165, 1.54) is 0 Å². The Bertz CT molecular complexity index is 973. The number of para-hydroxylation sites is 1. The Morgan fingerprint density at radius 2 is 1.75 bits per heavy atom. The Labute approximate surface area is 171 Å². The number of anilines is 2. The van der Waals surface area contributed by atoms with Crippen LogP contribution >= 0.6 is 15.9 Å². The molecule has 2 amide bonds. The lowest BCUT2D eigenvalue weighted by molar-refractivity contribution is -0.118. The molecule has 6 nitrogen and oxygen atoms in total. The molecule has 0 spiro atoms. The van der Waals surface area contributed by atoms with Crippen LogP contribution in [0.2, 0.25) is 0 Å². The van der Waals surface area contributed by atoms with Crippen molar-refractivity contribution in [3.8, 4) is 5.75 Å². The number of pyridine rings is 1. The highest BCUT2D eigenvalue weighted by molar-refractivity contribution is 9.10. The second-order valence-electron chi connectivity index (χ2n) is 6.01. The largest absolute Gasteiger partial charge is 0.483 e. The zero-order chi connectivity index (χ0) is 19.9. The number of benzene rings is 2. The molecule has 0 saturated carbocycles. The molecule has 0 atom stereocenters. The van der Waals surface area contributed by atoms with E-state index in [1.54, 1.807) is 48.7 Å². The molecule has 28 heavy (non-hydrogen) atoms. The summed E-state index contributed by atoms with van der Waals surface area (Å²) in [5.41, 5.74) is 1.98. The van der Waals surface area contributed by atoms with Gasteiger partial charge in [-0.2, -0.15) is 0 Å². The molecule has 3 rings (SSSR count). The Balaban J connectivity index is 1.63. The summed E-state index contributed by atoms with van der Waals surface area (Å²) in [5, 5.41) is 5.46. The number of aryl methyl sites for hydroxylation is 1. The molecular formula is C21H18BrN3O3. The van der Waals surface area contributed by atoms with E-state index in [9.17, 15) is 9.59 Å². The minimum absolute atomic E-state index is 0.219. The number of carbonyl (C=O) groups excluding carboxylic acids is 2. The Hall–Kier alpha value is -3.19. The summed E-state index contributed by atoms with van der Waals surface area (Å²) >= 11 is 3.34. The zero-order valence-electron chi connectivity index (χ0n) is 15.1. The molecule has 0 bridgehead atoms. The standard InChI is InChI=1S/C21H18BrN3O3/c1-14-6-11-19(23-12-14)25-21(27)17-4-2-3-5-18(17)28-13-20(26)24-16-9-7-15(22)8-10-16/h2-12H,13H2,1H3,(H,24,26)(H,23,25,27). The van der Waals surface area contributed by atoms with Gasteiger partial charge in [-0.25, -0.2) is 4.98 Å². The van der Waals surface area contributed by atoms with Crippen LogP contribution in [0.1, 0.15) is 15.9 Å². The van der Waals surface area contributed by atoms with Crippen LogP contribution < -0.4 is 15.4 Å². The van der Waals surface area contributed by atoms with Gasteiger partial charge in [0.1, 0.15) is 11.6 Å². The van der Waals surface area contributed by atoms with Gasteiger partial charge in [-0.15, -0.1) is 0 Å². The summed E-state index contributed by atoms with van der Waals surface area (Å²) in [6.07, 6.45) is 1.67. The smallest absolute Gasteiger partial charge is 0.262 e. The molecule has 2 N–H and O–H groups in total. The predicted octanol–water partition coefficient (Wildman–Crippen LogP) is 4.42. The van der Waals surface area contributed by atoms with E-state index in [1.807, 2.05) is 25.1 Å². The van der Waals surface area contributed by atoms with E-state index >= 15 is 0 Å². The molecule has 0 saturated heterocycles. The lowest BCUT2D eigenvalue weighted by atomic mass is 10.2. The van der Waals surface area contributed by atoms with Crippen molar-refractivity contribution >= 4 is 39.2 Å². The van der Waals surface area contributed by atoms with Gasteiger partial charge in [-0.3, -0.25) is 9.59 Å². The van der Waals surface area contributed by atoms with E-state index in [2.05, 4.69) is 31.5 Å². The second kappa shape index (κ2) is 9.14. The molecule has 2 aromatic carbocycles. The maximum atomic E-state index is 12.6. The average molecular weight is 440 g/mol. The molecule has 0 fully saturated rings. The molecule has 142 valence electrons.